The van der Waals surface area contributed by atoms with Crippen LogP contribution in [0.4, 0.5) is 0 Å². The second kappa shape index (κ2) is 12.2. The first-order valence-corrected chi connectivity index (χ1v) is 11.5. The van der Waals surface area contributed by atoms with Crippen molar-refractivity contribution < 1.29 is 24.2 Å². The summed E-state index contributed by atoms with van der Waals surface area (Å²) in [6, 6.07) is 18.1. The standard InChI is InChI=1S/C28H24Cl2O5/c1-18-7-5-10-22(28(18)34-17-23-24(29)11-6-12-25(23)30)26(35-19(2)31)15-13-20-8-3-4-9-21(20)14-16-27(32)33/h3-16,26H,17H2,1-2H3,(H,32,33)/b15-13+,16-14+. The Labute approximate surface area is 214 Å². The van der Waals surface area contributed by atoms with E-state index in [1.165, 1.54) is 13.0 Å². The fourth-order valence-corrected chi connectivity index (χ4v) is 3.97. The molecule has 35 heavy (non-hydrogen) atoms. The molecule has 0 aliphatic rings. The number of carbonyl (C=O) groups excluding carboxylic acids is 1. The van der Waals surface area contributed by atoms with Crippen LogP contribution in [0.15, 0.2) is 72.8 Å². The Balaban J connectivity index is 1.97. The highest BCUT2D eigenvalue weighted by Crippen LogP contribution is 2.34. The van der Waals surface area contributed by atoms with E-state index in [-0.39, 0.29) is 6.61 Å². The molecule has 0 saturated carbocycles. The summed E-state index contributed by atoms with van der Waals surface area (Å²) in [4.78, 5) is 22.9. The zero-order chi connectivity index (χ0) is 25.4. The molecule has 1 atom stereocenters. The van der Waals surface area contributed by atoms with Gasteiger partial charge in [-0.05, 0) is 47.9 Å². The average Bonchev–Trinajstić information content (AvgIpc) is 2.81. The fraction of sp³-hybridized carbons (Fsp3) is 0.143. The van der Waals surface area contributed by atoms with Crippen molar-refractivity contribution in [3.8, 4) is 5.75 Å². The van der Waals surface area contributed by atoms with Gasteiger partial charge in [0.1, 0.15) is 18.5 Å². The highest BCUT2D eigenvalue weighted by atomic mass is 35.5. The maximum atomic E-state index is 11.9. The van der Waals surface area contributed by atoms with Gasteiger partial charge in [-0.3, -0.25) is 4.79 Å². The maximum Gasteiger partial charge on any atom is 0.328 e. The summed E-state index contributed by atoms with van der Waals surface area (Å²) in [5.74, 6) is -0.944. The Bertz CT molecular complexity index is 1260. The van der Waals surface area contributed by atoms with Crippen molar-refractivity contribution in [2.24, 2.45) is 0 Å². The minimum absolute atomic E-state index is 0.135. The minimum Gasteiger partial charge on any atom is -0.488 e. The largest absolute Gasteiger partial charge is 0.488 e. The van der Waals surface area contributed by atoms with Crippen molar-refractivity contribution in [1.29, 1.82) is 0 Å². The first-order valence-electron chi connectivity index (χ1n) is 10.8. The van der Waals surface area contributed by atoms with Crippen LogP contribution < -0.4 is 4.74 Å². The third kappa shape index (κ3) is 7.22. The van der Waals surface area contributed by atoms with Gasteiger partial charge >= 0.3 is 11.9 Å². The fourth-order valence-electron chi connectivity index (χ4n) is 3.46. The van der Waals surface area contributed by atoms with Gasteiger partial charge < -0.3 is 14.6 Å². The molecule has 3 rings (SSSR count). The monoisotopic (exact) mass is 510 g/mol. The molecule has 1 N–H and O–H groups in total. The molecule has 3 aromatic carbocycles. The molecule has 0 spiro atoms. The van der Waals surface area contributed by atoms with Gasteiger partial charge in [-0.1, -0.05) is 77.8 Å². The number of carboxylic acids is 1. The van der Waals surface area contributed by atoms with Crippen LogP contribution in [0.5, 0.6) is 5.75 Å². The quantitative estimate of drug-likeness (QED) is 0.241. The molecule has 180 valence electrons. The van der Waals surface area contributed by atoms with Crippen LogP contribution in [0.25, 0.3) is 12.2 Å². The Morgan fingerprint density at radius 3 is 2.20 bits per heavy atom. The minimum atomic E-state index is -1.04. The van der Waals surface area contributed by atoms with Crippen LogP contribution in [-0.4, -0.2) is 17.0 Å². The van der Waals surface area contributed by atoms with Gasteiger partial charge in [0, 0.05) is 34.2 Å². The van der Waals surface area contributed by atoms with Crippen molar-refractivity contribution in [2.75, 3.05) is 0 Å². The molecule has 5 nitrogen and oxygen atoms in total. The zero-order valence-electron chi connectivity index (χ0n) is 19.2. The van der Waals surface area contributed by atoms with Crippen molar-refractivity contribution in [1.82, 2.24) is 0 Å². The first-order chi connectivity index (χ1) is 16.8. The highest BCUT2D eigenvalue weighted by Gasteiger charge is 2.19. The van der Waals surface area contributed by atoms with Crippen LogP contribution >= 0.6 is 23.2 Å². The molecule has 0 amide bonds. The summed E-state index contributed by atoms with van der Waals surface area (Å²) in [6.07, 6.45) is 5.35. The average molecular weight is 511 g/mol. The highest BCUT2D eigenvalue weighted by molar-refractivity contribution is 6.35. The molecule has 3 aromatic rings. The second-order valence-corrected chi connectivity index (χ2v) is 8.49. The number of rotatable bonds is 9. The third-order valence-corrected chi connectivity index (χ3v) is 5.82. The summed E-state index contributed by atoms with van der Waals surface area (Å²) >= 11 is 12.6. The molecule has 0 aliphatic carbocycles. The number of ether oxygens (including phenoxy) is 2. The number of carboxylic acid groups (broad SMARTS) is 1. The van der Waals surface area contributed by atoms with E-state index in [1.807, 2.05) is 43.3 Å². The molecule has 0 fully saturated rings. The van der Waals surface area contributed by atoms with Gasteiger partial charge in [-0.15, -0.1) is 0 Å². The van der Waals surface area contributed by atoms with Crippen LogP contribution in [0.1, 0.15) is 40.8 Å². The Hall–Kier alpha value is -3.54. The summed E-state index contributed by atoms with van der Waals surface area (Å²) in [5.41, 5.74) is 3.63. The van der Waals surface area contributed by atoms with E-state index in [4.69, 9.17) is 37.8 Å². The van der Waals surface area contributed by atoms with Crippen LogP contribution in [0, 0.1) is 6.92 Å². The van der Waals surface area contributed by atoms with Crippen molar-refractivity contribution in [3.05, 3.63) is 111 Å². The summed E-state index contributed by atoms with van der Waals surface area (Å²) < 4.78 is 11.8. The van der Waals surface area contributed by atoms with Gasteiger partial charge in [-0.25, -0.2) is 4.79 Å². The first kappa shape index (κ1) is 26.1. The molecule has 0 heterocycles. The Morgan fingerprint density at radius 1 is 0.943 bits per heavy atom. The molecule has 0 bridgehead atoms. The zero-order valence-corrected chi connectivity index (χ0v) is 20.7. The number of hydrogen-bond acceptors (Lipinski definition) is 4. The summed E-state index contributed by atoms with van der Waals surface area (Å²) in [5, 5.41) is 9.95. The molecule has 7 heteroatoms. The van der Waals surface area contributed by atoms with Crippen LogP contribution in [-0.2, 0) is 20.9 Å². The number of halogens is 2. The lowest BCUT2D eigenvalue weighted by Gasteiger charge is -2.20. The van der Waals surface area contributed by atoms with E-state index < -0.39 is 18.0 Å². The molecule has 0 radical (unpaired) electrons. The van der Waals surface area contributed by atoms with Gasteiger partial charge in [0.2, 0.25) is 0 Å². The lowest BCUT2D eigenvalue weighted by atomic mass is 10.0. The number of carbonyl (C=O) groups is 2. The molecule has 1 unspecified atom stereocenters. The van der Waals surface area contributed by atoms with Gasteiger partial charge in [0.15, 0.2) is 0 Å². The molecular formula is C28H24Cl2O5. The normalized spacial score (nSPS) is 12.1. The van der Waals surface area contributed by atoms with E-state index >= 15 is 0 Å². The Kier molecular flexibility index (Phi) is 9.12. The van der Waals surface area contributed by atoms with Crippen LogP contribution in [0.2, 0.25) is 10.0 Å². The Morgan fingerprint density at radius 2 is 1.57 bits per heavy atom. The topological polar surface area (TPSA) is 72.8 Å². The number of benzene rings is 3. The second-order valence-electron chi connectivity index (χ2n) is 7.67. The molecule has 0 saturated heterocycles. The molecular weight excluding hydrogens is 487 g/mol. The van der Waals surface area contributed by atoms with E-state index in [0.29, 0.717) is 32.5 Å². The third-order valence-electron chi connectivity index (χ3n) is 5.12. The van der Waals surface area contributed by atoms with E-state index in [0.717, 1.165) is 17.2 Å². The molecule has 0 aliphatic heterocycles. The van der Waals surface area contributed by atoms with E-state index in [1.54, 1.807) is 36.4 Å². The van der Waals surface area contributed by atoms with Crippen molar-refractivity contribution in [2.45, 2.75) is 26.6 Å². The number of esters is 1. The maximum absolute atomic E-state index is 11.9. The number of para-hydroxylation sites is 1. The summed E-state index contributed by atoms with van der Waals surface area (Å²) in [6.45, 7) is 3.37. The predicted octanol–water partition coefficient (Wildman–Crippen LogP) is 7.30. The number of aryl methyl sites for hydroxylation is 1. The summed E-state index contributed by atoms with van der Waals surface area (Å²) in [7, 11) is 0. The van der Waals surface area contributed by atoms with Crippen molar-refractivity contribution in [3.63, 3.8) is 0 Å². The van der Waals surface area contributed by atoms with E-state index in [9.17, 15) is 9.59 Å². The smallest absolute Gasteiger partial charge is 0.328 e. The van der Waals surface area contributed by atoms with Crippen LogP contribution in [0.3, 0.4) is 0 Å². The lowest BCUT2D eigenvalue weighted by molar-refractivity contribution is -0.144. The van der Waals surface area contributed by atoms with Gasteiger partial charge in [-0.2, -0.15) is 0 Å². The van der Waals surface area contributed by atoms with Gasteiger partial charge in [0.05, 0.1) is 0 Å². The molecule has 0 aromatic heterocycles. The predicted molar refractivity (Wildman–Crippen MR) is 139 cm³/mol. The lowest BCUT2D eigenvalue weighted by Crippen LogP contribution is -2.10. The van der Waals surface area contributed by atoms with E-state index in [2.05, 4.69) is 0 Å². The SMILES string of the molecule is CC(=O)OC(/C=C/c1ccccc1/C=C/C(=O)O)c1cccc(C)c1OCc1c(Cl)cccc1Cl. The van der Waals surface area contributed by atoms with Crippen molar-refractivity contribution >= 4 is 47.3 Å². The number of hydrogen-bond donors (Lipinski definition) is 1. The van der Waals surface area contributed by atoms with Gasteiger partial charge in [0.25, 0.3) is 0 Å². The number of aliphatic carboxylic acids is 1.